The zero-order chi connectivity index (χ0) is 19.7. The van der Waals surface area contributed by atoms with Crippen molar-refractivity contribution in [3.8, 4) is 0 Å². The second-order valence-electron chi connectivity index (χ2n) is 4.08. The van der Waals surface area contributed by atoms with Gasteiger partial charge in [0.05, 0.1) is 26.1 Å². The van der Waals surface area contributed by atoms with Gasteiger partial charge in [0.2, 0.25) is 11.0 Å². The van der Waals surface area contributed by atoms with Gasteiger partial charge in [-0.25, -0.2) is 0 Å². The van der Waals surface area contributed by atoms with Crippen LogP contribution in [-0.4, -0.2) is 33.5 Å². The minimum Gasteiger partial charge on any atom is -0.456 e. The van der Waals surface area contributed by atoms with Crippen LogP contribution in [0.1, 0.15) is 47.1 Å². The van der Waals surface area contributed by atoms with E-state index in [2.05, 4.69) is 5.32 Å². The number of nitrogens with one attached hydrogen (secondary N) is 1. The number of methoxy groups -OCH3 is 1. The molecule has 0 aromatic carbocycles. The molecule has 0 unspecified atom stereocenters. The molecule has 6 nitrogen and oxygen atoms in total. The number of furan rings is 1. The average molecular weight is 357 g/mol. The molecule has 1 N–H and O–H groups in total. The van der Waals surface area contributed by atoms with Gasteiger partial charge in [0.15, 0.2) is 11.5 Å². The fraction of sp³-hybridized carbons (Fsp3) is 0.632. The van der Waals surface area contributed by atoms with E-state index in [1.54, 1.807) is 7.11 Å². The van der Waals surface area contributed by atoms with Crippen molar-refractivity contribution in [1.82, 2.24) is 0 Å². The third-order valence-corrected chi connectivity index (χ3v) is 2.59. The molecule has 0 spiro atoms. The molecule has 2 aromatic rings. The van der Waals surface area contributed by atoms with Crippen LogP contribution in [-0.2, 0) is 9.47 Å². The largest absolute Gasteiger partial charge is 0.456 e. The molecular weight excluding hydrogens is 322 g/mol. The molecule has 0 bridgehead atoms. The Balaban J connectivity index is 0. The Kier molecular flexibility index (Phi) is 17.4. The van der Waals surface area contributed by atoms with Crippen LogP contribution >= 0.6 is 0 Å². The van der Waals surface area contributed by atoms with E-state index in [-0.39, 0.29) is 11.0 Å². The zero-order valence-corrected chi connectivity index (χ0v) is 17.0. The minimum atomic E-state index is -0.197. The van der Waals surface area contributed by atoms with Crippen molar-refractivity contribution in [1.29, 1.82) is 0 Å². The standard InChI is InChI=1S/C13H17NO5.3C2H6/c1-9-8-18-13-10(15)7-11(19-12(9)13)14-3-4-17-6-5-16-2;3*1-2/h7-8,14H,3-6H2,1-2H3;3*1-2H3. The maximum absolute atomic E-state index is 11.7. The third kappa shape index (κ3) is 9.31. The molecule has 2 rings (SSSR count). The van der Waals surface area contributed by atoms with Crippen molar-refractivity contribution in [2.24, 2.45) is 0 Å². The summed E-state index contributed by atoms with van der Waals surface area (Å²) in [5.41, 5.74) is 1.33. The lowest BCUT2D eigenvalue weighted by Gasteiger charge is -2.06. The molecule has 0 aliphatic rings. The van der Waals surface area contributed by atoms with Gasteiger partial charge in [-0.05, 0) is 6.92 Å². The SMILES string of the molecule is CC.CC.CC.COCCOCCNc1cc(=O)c2occ(C)c2o1. The van der Waals surface area contributed by atoms with Crippen molar-refractivity contribution in [3.63, 3.8) is 0 Å². The highest BCUT2D eigenvalue weighted by molar-refractivity contribution is 5.74. The first kappa shape index (κ1) is 25.5. The van der Waals surface area contributed by atoms with Gasteiger partial charge < -0.3 is 23.6 Å². The maximum Gasteiger partial charge on any atom is 0.230 e. The molecule has 0 amide bonds. The lowest BCUT2D eigenvalue weighted by molar-refractivity contribution is 0.0758. The first-order chi connectivity index (χ1) is 12.2. The van der Waals surface area contributed by atoms with Crippen molar-refractivity contribution in [2.45, 2.75) is 48.5 Å². The Bertz CT molecular complexity index is 589. The van der Waals surface area contributed by atoms with Crippen LogP contribution in [0.15, 0.2) is 26.0 Å². The average Bonchev–Trinajstić information content (AvgIpc) is 3.05. The summed E-state index contributed by atoms with van der Waals surface area (Å²) < 4.78 is 20.8. The normalized spacial score (nSPS) is 9.12. The summed E-state index contributed by atoms with van der Waals surface area (Å²) in [6.45, 7) is 16.0. The monoisotopic (exact) mass is 357 g/mol. The van der Waals surface area contributed by atoms with Gasteiger partial charge in [-0.3, -0.25) is 4.79 Å². The van der Waals surface area contributed by atoms with Crippen molar-refractivity contribution >= 4 is 17.1 Å². The van der Waals surface area contributed by atoms with Gasteiger partial charge in [0.25, 0.3) is 0 Å². The molecule has 6 heteroatoms. The fourth-order valence-electron chi connectivity index (χ4n) is 1.63. The molecule has 0 aliphatic carbocycles. The van der Waals surface area contributed by atoms with Crippen molar-refractivity contribution < 1.29 is 18.3 Å². The second-order valence-corrected chi connectivity index (χ2v) is 4.08. The summed E-state index contributed by atoms with van der Waals surface area (Å²) in [6, 6.07) is 1.38. The van der Waals surface area contributed by atoms with Gasteiger partial charge in [-0.15, -0.1) is 0 Å². The van der Waals surface area contributed by atoms with Crippen LogP contribution < -0.4 is 10.7 Å². The number of ether oxygens (including phenoxy) is 2. The molecule has 0 radical (unpaired) electrons. The summed E-state index contributed by atoms with van der Waals surface area (Å²) in [5.74, 6) is 0.414. The van der Waals surface area contributed by atoms with E-state index in [1.807, 2.05) is 48.5 Å². The van der Waals surface area contributed by atoms with E-state index < -0.39 is 0 Å². The van der Waals surface area contributed by atoms with E-state index in [4.69, 9.17) is 18.3 Å². The maximum atomic E-state index is 11.7. The molecule has 0 saturated carbocycles. The second kappa shape index (κ2) is 17.0. The van der Waals surface area contributed by atoms with E-state index >= 15 is 0 Å². The lowest BCUT2D eigenvalue weighted by atomic mass is 10.3. The molecular formula is C19H35NO5. The number of aryl methyl sites for hydroxylation is 1. The third-order valence-electron chi connectivity index (χ3n) is 2.59. The van der Waals surface area contributed by atoms with Crippen molar-refractivity contribution in [3.05, 3.63) is 28.1 Å². The first-order valence-corrected chi connectivity index (χ1v) is 9.05. The van der Waals surface area contributed by atoms with Crippen molar-refractivity contribution in [2.75, 3.05) is 38.8 Å². The summed E-state index contributed by atoms with van der Waals surface area (Å²) >= 11 is 0. The van der Waals surface area contributed by atoms with Crippen LogP contribution in [0.25, 0.3) is 11.2 Å². The summed E-state index contributed by atoms with van der Waals surface area (Å²) in [7, 11) is 1.62. The Morgan fingerprint density at radius 2 is 1.64 bits per heavy atom. The van der Waals surface area contributed by atoms with E-state index in [9.17, 15) is 4.79 Å². The van der Waals surface area contributed by atoms with Gasteiger partial charge in [-0.1, -0.05) is 41.5 Å². The van der Waals surface area contributed by atoms with Crippen LogP contribution in [0.2, 0.25) is 0 Å². The molecule has 0 fully saturated rings. The minimum absolute atomic E-state index is 0.197. The highest BCUT2D eigenvalue weighted by Crippen LogP contribution is 2.20. The Hall–Kier alpha value is -1.79. The fourth-order valence-corrected chi connectivity index (χ4v) is 1.63. The smallest absolute Gasteiger partial charge is 0.230 e. The summed E-state index contributed by atoms with van der Waals surface area (Å²) in [6.07, 6.45) is 1.51. The molecule has 0 aliphatic heterocycles. The molecule has 2 aromatic heterocycles. The van der Waals surface area contributed by atoms with Gasteiger partial charge in [0.1, 0.15) is 0 Å². The number of hydrogen-bond donors (Lipinski definition) is 1. The van der Waals surface area contributed by atoms with E-state index in [0.717, 1.165) is 5.56 Å². The molecule has 146 valence electrons. The van der Waals surface area contributed by atoms with Crippen LogP contribution in [0.4, 0.5) is 5.88 Å². The Morgan fingerprint density at radius 1 is 1.00 bits per heavy atom. The summed E-state index contributed by atoms with van der Waals surface area (Å²) in [4.78, 5) is 11.7. The Morgan fingerprint density at radius 3 is 2.24 bits per heavy atom. The predicted molar refractivity (Wildman–Crippen MR) is 105 cm³/mol. The molecule has 0 atom stereocenters. The van der Waals surface area contributed by atoms with Crippen LogP contribution in [0.3, 0.4) is 0 Å². The zero-order valence-electron chi connectivity index (χ0n) is 17.0. The molecule has 25 heavy (non-hydrogen) atoms. The van der Waals surface area contributed by atoms with Gasteiger partial charge in [0, 0.05) is 25.3 Å². The highest BCUT2D eigenvalue weighted by atomic mass is 16.5. The predicted octanol–water partition coefficient (Wildman–Crippen LogP) is 4.85. The molecule has 2 heterocycles. The van der Waals surface area contributed by atoms with Crippen LogP contribution in [0, 0.1) is 6.92 Å². The quantitative estimate of drug-likeness (QED) is 0.714. The lowest BCUT2D eigenvalue weighted by Crippen LogP contribution is -2.13. The van der Waals surface area contributed by atoms with Crippen LogP contribution in [0.5, 0.6) is 0 Å². The highest BCUT2D eigenvalue weighted by Gasteiger charge is 2.10. The van der Waals surface area contributed by atoms with E-state index in [0.29, 0.717) is 37.8 Å². The number of fused-ring (bicyclic) bond motifs is 1. The van der Waals surface area contributed by atoms with E-state index in [1.165, 1.54) is 12.3 Å². The Labute approximate surface area is 151 Å². The topological polar surface area (TPSA) is 73.8 Å². The number of rotatable bonds is 7. The first-order valence-electron chi connectivity index (χ1n) is 9.05. The van der Waals surface area contributed by atoms with Gasteiger partial charge >= 0.3 is 0 Å². The van der Waals surface area contributed by atoms with Gasteiger partial charge in [-0.2, -0.15) is 0 Å². The number of anilines is 1. The number of hydrogen-bond acceptors (Lipinski definition) is 6. The summed E-state index contributed by atoms with van der Waals surface area (Å²) in [5, 5.41) is 3.00. The molecule has 0 saturated heterocycles.